The third-order valence-corrected chi connectivity index (χ3v) is 5.28. The van der Waals surface area contributed by atoms with E-state index in [1.54, 1.807) is 0 Å². The minimum Gasteiger partial charge on any atom is -0.494 e. The molecule has 0 radical (unpaired) electrons. The van der Waals surface area contributed by atoms with Crippen LogP contribution in [0, 0.1) is 5.92 Å². The van der Waals surface area contributed by atoms with Crippen LogP contribution in [0.15, 0.2) is 42.5 Å². The molecule has 1 saturated heterocycles. The average molecular weight is 375 g/mol. The van der Waals surface area contributed by atoms with Crippen LogP contribution in [0.2, 0.25) is 5.02 Å². The van der Waals surface area contributed by atoms with Crippen LogP contribution >= 0.6 is 11.6 Å². The molecule has 0 saturated carbocycles. The maximum Gasteiger partial charge on any atom is 0.119 e. The number of aliphatic hydroxyl groups excluding tert-OH is 1. The summed E-state index contributed by atoms with van der Waals surface area (Å²) in [7, 11) is 0. The molecule has 2 aromatic carbocycles. The van der Waals surface area contributed by atoms with Crippen LogP contribution in [0.25, 0.3) is 0 Å². The van der Waals surface area contributed by atoms with Gasteiger partial charge >= 0.3 is 0 Å². The maximum absolute atomic E-state index is 9.47. The first-order valence-electron chi connectivity index (χ1n) is 9.35. The van der Waals surface area contributed by atoms with Gasteiger partial charge in [0, 0.05) is 5.02 Å². The first-order valence-corrected chi connectivity index (χ1v) is 9.73. The summed E-state index contributed by atoms with van der Waals surface area (Å²) in [5.74, 6) is 1.42. The lowest BCUT2D eigenvalue weighted by atomic mass is 9.89. The Bertz CT molecular complexity index is 714. The molecule has 0 aliphatic carbocycles. The summed E-state index contributed by atoms with van der Waals surface area (Å²) >= 11 is 6.45. The summed E-state index contributed by atoms with van der Waals surface area (Å²) in [5, 5.41) is 10.2. The fourth-order valence-electron chi connectivity index (χ4n) is 3.61. The topological polar surface area (TPSA) is 38.7 Å². The minimum absolute atomic E-state index is 0.0206. The highest BCUT2D eigenvalue weighted by molar-refractivity contribution is 6.31. The lowest BCUT2D eigenvalue weighted by Crippen LogP contribution is -2.29. The van der Waals surface area contributed by atoms with Crippen molar-refractivity contribution in [2.24, 2.45) is 5.92 Å². The fourth-order valence-corrected chi connectivity index (χ4v) is 3.79. The second kappa shape index (κ2) is 8.90. The molecule has 0 spiro atoms. The van der Waals surface area contributed by atoms with Crippen molar-refractivity contribution in [1.29, 1.82) is 0 Å². The average Bonchev–Trinajstić information content (AvgIpc) is 2.64. The van der Waals surface area contributed by atoms with E-state index in [9.17, 15) is 5.11 Å². The van der Waals surface area contributed by atoms with Gasteiger partial charge in [0.1, 0.15) is 5.75 Å². The molecule has 140 valence electrons. The van der Waals surface area contributed by atoms with E-state index in [2.05, 4.69) is 25.1 Å². The molecule has 0 aromatic heterocycles. The summed E-state index contributed by atoms with van der Waals surface area (Å²) < 4.78 is 11.6. The minimum atomic E-state index is -0.0750. The van der Waals surface area contributed by atoms with Crippen LogP contribution in [0.1, 0.15) is 49.5 Å². The Morgan fingerprint density at radius 1 is 1.15 bits per heavy atom. The van der Waals surface area contributed by atoms with Crippen LogP contribution in [0.5, 0.6) is 5.75 Å². The van der Waals surface area contributed by atoms with Gasteiger partial charge in [-0.2, -0.15) is 0 Å². The number of benzene rings is 2. The molecule has 26 heavy (non-hydrogen) atoms. The highest BCUT2D eigenvalue weighted by Gasteiger charge is 2.28. The Kier molecular flexibility index (Phi) is 6.58. The van der Waals surface area contributed by atoms with E-state index in [0.717, 1.165) is 41.2 Å². The van der Waals surface area contributed by atoms with E-state index in [0.29, 0.717) is 12.5 Å². The second-order valence-corrected chi connectivity index (χ2v) is 7.52. The van der Waals surface area contributed by atoms with Crippen LogP contribution in [0.4, 0.5) is 0 Å². The lowest BCUT2D eigenvalue weighted by molar-refractivity contribution is -0.0900. The van der Waals surface area contributed by atoms with Crippen molar-refractivity contribution in [2.45, 2.75) is 45.3 Å². The van der Waals surface area contributed by atoms with Gasteiger partial charge < -0.3 is 14.6 Å². The molecule has 2 aromatic rings. The molecule has 3 rings (SSSR count). The Morgan fingerprint density at radius 2 is 1.92 bits per heavy atom. The van der Waals surface area contributed by atoms with Crippen molar-refractivity contribution in [3.05, 3.63) is 64.2 Å². The molecule has 1 fully saturated rings. The largest absolute Gasteiger partial charge is 0.494 e. The molecular weight excluding hydrogens is 348 g/mol. The predicted octanol–water partition coefficient (Wildman–Crippen LogP) is 5.18. The Balaban J connectivity index is 1.77. The maximum atomic E-state index is 9.47. The van der Waals surface area contributed by atoms with Gasteiger partial charge in [0.2, 0.25) is 0 Å². The van der Waals surface area contributed by atoms with Crippen LogP contribution in [0.3, 0.4) is 0 Å². The van der Waals surface area contributed by atoms with Crippen molar-refractivity contribution in [3.8, 4) is 5.75 Å². The van der Waals surface area contributed by atoms with E-state index < -0.39 is 0 Å². The van der Waals surface area contributed by atoms with E-state index in [-0.39, 0.29) is 18.8 Å². The number of rotatable bonds is 6. The summed E-state index contributed by atoms with van der Waals surface area (Å²) in [6.45, 7) is 4.94. The van der Waals surface area contributed by atoms with Gasteiger partial charge in [-0.25, -0.2) is 0 Å². The summed E-state index contributed by atoms with van der Waals surface area (Å²) in [5.41, 5.74) is 3.43. The van der Waals surface area contributed by atoms with E-state index in [4.69, 9.17) is 21.1 Å². The monoisotopic (exact) mass is 374 g/mol. The zero-order valence-electron chi connectivity index (χ0n) is 15.5. The summed E-state index contributed by atoms with van der Waals surface area (Å²) in [4.78, 5) is 0. The van der Waals surface area contributed by atoms with Crippen LogP contribution in [-0.4, -0.2) is 24.4 Å². The van der Waals surface area contributed by atoms with Crippen molar-refractivity contribution >= 4 is 11.6 Å². The van der Waals surface area contributed by atoms with E-state index in [1.165, 1.54) is 5.56 Å². The highest BCUT2D eigenvalue weighted by atomic mass is 35.5. The summed E-state index contributed by atoms with van der Waals surface area (Å²) in [6, 6.07) is 14.3. The number of hydrogen-bond donors (Lipinski definition) is 1. The predicted molar refractivity (Wildman–Crippen MR) is 105 cm³/mol. The molecule has 1 aliphatic heterocycles. The van der Waals surface area contributed by atoms with Gasteiger partial charge in [-0.3, -0.25) is 0 Å². The number of aliphatic hydroxyl groups is 1. The van der Waals surface area contributed by atoms with E-state index in [1.807, 2.05) is 31.2 Å². The Labute approximate surface area is 160 Å². The highest BCUT2D eigenvalue weighted by Crippen LogP contribution is 2.36. The zero-order chi connectivity index (χ0) is 18.5. The van der Waals surface area contributed by atoms with E-state index >= 15 is 0 Å². The molecular formula is C22H27ClO3. The molecule has 3 atom stereocenters. The number of ether oxygens (including phenoxy) is 2. The quantitative estimate of drug-likeness (QED) is 0.757. The molecule has 4 heteroatoms. The normalized spacial score (nSPS) is 23.0. The fraction of sp³-hybridized carbons (Fsp3) is 0.455. The zero-order valence-corrected chi connectivity index (χ0v) is 16.2. The first-order chi connectivity index (χ1) is 12.6. The molecule has 0 amide bonds. The molecule has 3 nitrogen and oxygen atoms in total. The second-order valence-electron chi connectivity index (χ2n) is 7.11. The van der Waals surface area contributed by atoms with Gasteiger partial charge in [-0.15, -0.1) is 0 Å². The van der Waals surface area contributed by atoms with Crippen molar-refractivity contribution in [2.75, 3.05) is 13.2 Å². The van der Waals surface area contributed by atoms with Crippen LogP contribution < -0.4 is 4.74 Å². The smallest absolute Gasteiger partial charge is 0.119 e. The molecule has 1 heterocycles. The molecule has 0 bridgehead atoms. The van der Waals surface area contributed by atoms with Crippen LogP contribution in [-0.2, 0) is 11.2 Å². The van der Waals surface area contributed by atoms with Gasteiger partial charge in [0.15, 0.2) is 0 Å². The SMILES string of the molecule is CCOc1ccc(Cc2cc([C@H]3C[C@@H](C)C[C@@H](CO)O3)ccc2Cl)cc1. The Morgan fingerprint density at radius 3 is 2.62 bits per heavy atom. The lowest BCUT2D eigenvalue weighted by Gasteiger charge is -2.33. The van der Waals surface area contributed by atoms with Crippen molar-refractivity contribution < 1.29 is 14.6 Å². The van der Waals surface area contributed by atoms with Gasteiger partial charge in [0.05, 0.1) is 25.4 Å². The molecule has 0 unspecified atom stereocenters. The van der Waals surface area contributed by atoms with Gasteiger partial charge in [0.25, 0.3) is 0 Å². The summed E-state index contributed by atoms with van der Waals surface area (Å²) in [6.07, 6.45) is 2.60. The number of hydrogen-bond acceptors (Lipinski definition) is 3. The van der Waals surface area contributed by atoms with Crippen molar-refractivity contribution in [1.82, 2.24) is 0 Å². The third-order valence-electron chi connectivity index (χ3n) is 4.91. The Hall–Kier alpha value is -1.55. The number of halogens is 1. The third kappa shape index (κ3) is 4.79. The van der Waals surface area contributed by atoms with Gasteiger partial charge in [-0.05, 0) is 67.0 Å². The van der Waals surface area contributed by atoms with Gasteiger partial charge in [-0.1, -0.05) is 42.8 Å². The van der Waals surface area contributed by atoms with Crippen molar-refractivity contribution in [3.63, 3.8) is 0 Å². The molecule has 1 N–H and O–H groups in total. The standard InChI is InChI=1S/C22H27ClO3/c1-3-25-19-7-4-16(5-8-19)12-18-13-17(6-9-21(18)23)22-11-15(2)10-20(14-24)26-22/h4-9,13,15,20,22,24H,3,10-12,14H2,1-2H3/t15-,20-,22+/m0/s1. The first kappa shape index (κ1) is 19.2. The molecule has 1 aliphatic rings.